The third-order valence-electron chi connectivity index (χ3n) is 12.8. The average molecular weight is 723 g/mol. The Morgan fingerprint density at radius 1 is 0.304 bits per heavy atom. The van der Waals surface area contributed by atoms with Crippen LogP contribution in [0.5, 0.6) is 0 Å². The Kier molecular flexibility index (Phi) is 6.15. The summed E-state index contributed by atoms with van der Waals surface area (Å²) in [4.78, 5) is 4.93. The second-order valence-corrected chi connectivity index (χ2v) is 16.5. The highest BCUT2D eigenvalue weighted by Gasteiger charge is 2.40. The summed E-state index contributed by atoms with van der Waals surface area (Å²) >= 11 is 0. The van der Waals surface area contributed by atoms with Crippen LogP contribution in [0.2, 0.25) is 0 Å². The Morgan fingerprint density at radius 3 is 1.14 bits per heavy atom. The van der Waals surface area contributed by atoms with E-state index in [2.05, 4.69) is 183 Å². The number of hydrogen-bond donors (Lipinski definition) is 0. The molecule has 0 amide bonds. The number of nitrogens with zero attached hydrogens (tertiary/aromatic N) is 2. The summed E-state index contributed by atoms with van der Waals surface area (Å²) < 4.78 is 13.1. The summed E-state index contributed by atoms with van der Waals surface area (Å²) in [5, 5.41) is 6.93. The van der Waals surface area contributed by atoms with Crippen molar-refractivity contribution in [3.05, 3.63) is 180 Å². The maximum atomic E-state index is 6.54. The zero-order valence-corrected chi connectivity index (χ0v) is 31.7. The Bertz CT molecular complexity index is 3070. The Hall–Kier alpha value is -6.78. The van der Waals surface area contributed by atoms with Gasteiger partial charge in [0, 0.05) is 55.3 Å². The van der Waals surface area contributed by atoms with E-state index >= 15 is 0 Å². The number of para-hydroxylation sites is 4. The molecule has 0 aliphatic carbocycles. The van der Waals surface area contributed by atoms with Gasteiger partial charge in [0.05, 0.1) is 34.1 Å². The first-order valence-corrected chi connectivity index (χ1v) is 19.5. The predicted molar refractivity (Wildman–Crippen MR) is 232 cm³/mol. The molecule has 0 radical (unpaired) electrons. The van der Waals surface area contributed by atoms with Crippen molar-refractivity contribution in [1.82, 2.24) is 0 Å². The quantitative estimate of drug-likeness (QED) is 0.178. The first-order chi connectivity index (χ1) is 27.3. The molecule has 0 spiro atoms. The van der Waals surface area contributed by atoms with Crippen LogP contribution in [0.3, 0.4) is 0 Å². The zero-order chi connectivity index (χ0) is 37.5. The molecule has 0 N–H and O–H groups in total. The normalized spacial score (nSPS) is 15.4. The van der Waals surface area contributed by atoms with E-state index in [9.17, 15) is 0 Å². The van der Waals surface area contributed by atoms with E-state index in [0.29, 0.717) is 0 Å². The number of rotatable bonds is 2. The van der Waals surface area contributed by atoms with Crippen LogP contribution in [0.15, 0.2) is 167 Å². The molecule has 4 heterocycles. The third-order valence-corrected chi connectivity index (χ3v) is 12.8. The van der Waals surface area contributed by atoms with Crippen LogP contribution in [0.25, 0.3) is 54.6 Å². The second kappa shape index (κ2) is 10.9. The molecular weight excluding hydrogens is 685 g/mol. The summed E-state index contributed by atoms with van der Waals surface area (Å²) in [7, 11) is 0. The van der Waals surface area contributed by atoms with Crippen LogP contribution in [0.4, 0.5) is 34.1 Å². The highest BCUT2D eigenvalue weighted by atomic mass is 16.3. The van der Waals surface area contributed by atoms with Gasteiger partial charge >= 0.3 is 0 Å². The van der Waals surface area contributed by atoms with Crippen molar-refractivity contribution < 1.29 is 8.83 Å². The average Bonchev–Trinajstić information content (AvgIpc) is 3.77. The lowest BCUT2D eigenvalue weighted by molar-refractivity contribution is 0.630. The maximum Gasteiger partial charge on any atom is 0.137 e. The predicted octanol–water partition coefficient (Wildman–Crippen LogP) is 14.9. The SMILES string of the molecule is CC1(C)c2ccccc2N(c2cccc3c(N4c5ccccc5C(C)(C)c5cc6c(cc54)oc4ccccc46)cccc23)c2cc3oc4ccccc4c3cc21. The van der Waals surface area contributed by atoms with Crippen LogP contribution in [-0.2, 0) is 10.8 Å². The molecular formula is C52H38N2O2. The maximum absolute atomic E-state index is 6.54. The van der Waals surface area contributed by atoms with E-state index in [4.69, 9.17) is 8.83 Å². The third kappa shape index (κ3) is 4.08. The van der Waals surface area contributed by atoms with Crippen molar-refractivity contribution in [2.75, 3.05) is 9.80 Å². The lowest BCUT2D eigenvalue weighted by atomic mass is 9.73. The molecule has 0 unspecified atom stereocenters. The first kappa shape index (κ1) is 31.6. The van der Waals surface area contributed by atoms with Gasteiger partial charge in [0.25, 0.3) is 0 Å². The molecule has 2 aromatic heterocycles. The lowest BCUT2D eigenvalue weighted by Gasteiger charge is -2.43. The Balaban J connectivity index is 1.12. The van der Waals surface area contributed by atoms with Crippen molar-refractivity contribution in [1.29, 1.82) is 0 Å². The van der Waals surface area contributed by atoms with Crippen LogP contribution < -0.4 is 9.80 Å². The van der Waals surface area contributed by atoms with Crippen molar-refractivity contribution in [2.24, 2.45) is 0 Å². The fourth-order valence-electron chi connectivity index (χ4n) is 10.0. The van der Waals surface area contributed by atoms with Crippen LogP contribution in [0, 0.1) is 0 Å². The minimum Gasteiger partial charge on any atom is -0.456 e. The summed E-state index contributed by atoms with van der Waals surface area (Å²) in [5.74, 6) is 0. The van der Waals surface area contributed by atoms with Crippen molar-refractivity contribution in [3.63, 3.8) is 0 Å². The minimum atomic E-state index is -0.235. The highest BCUT2D eigenvalue weighted by Crippen LogP contribution is 2.57. The van der Waals surface area contributed by atoms with E-state index in [1.54, 1.807) is 0 Å². The highest BCUT2D eigenvalue weighted by molar-refractivity contribution is 6.12. The van der Waals surface area contributed by atoms with Gasteiger partial charge < -0.3 is 18.6 Å². The monoisotopic (exact) mass is 722 g/mol. The van der Waals surface area contributed by atoms with E-state index in [1.165, 1.54) is 44.4 Å². The Labute approximate surface area is 324 Å². The molecule has 4 heteroatoms. The first-order valence-electron chi connectivity index (χ1n) is 19.5. The molecule has 56 heavy (non-hydrogen) atoms. The molecule has 10 aromatic rings. The van der Waals surface area contributed by atoms with Gasteiger partial charge in [-0.3, -0.25) is 0 Å². The van der Waals surface area contributed by atoms with Crippen molar-refractivity contribution >= 4 is 88.8 Å². The van der Waals surface area contributed by atoms with E-state index in [1.807, 2.05) is 12.1 Å². The van der Waals surface area contributed by atoms with Gasteiger partial charge in [-0.15, -0.1) is 0 Å². The van der Waals surface area contributed by atoms with Gasteiger partial charge in [-0.2, -0.15) is 0 Å². The van der Waals surface area contributed by atoms with Crippen molar-refractivity contribution in [2.45, 2.75) is 38.5 Å². The number of furan rings is 2. The molecule has 268 valence electrons. The summed E-state index contributed by atoms with van der Waals surface area (Å²) in [5.41, 5.74) is 15.2. The standard InChI is InChI=1S/C52H38N2O2/c1-51(2)37-19-7-9-21-43(37)53(45-29-49-35(27-39(45)51)33-15-5-11-25-47(33)55-49)41-23-13-18-32-31(41)17-14-24-42(32)54-44-22-10-8-20-38(44)52(3,4)40-28-36-34-16-6-12-26-48(34)56-50(36)30-46(40)54/h5-30H,1-4H3. The topological polar surface area (TPSA) is 32.8 Å². The molecule has 0 saturated heterocycles. The van der Waals surface area contributed by atoms with Gasteiger partial charge in [0.15, 0.2) is 0 Å². The number of benzene rings is 8. The van der Waals surface area contributed by atoms with Gasteiger partial charge in [-0.25, -0.2) is 0 Å². The molecule has 0 atom stereocenters. The molecule has 2 aliphatic heterocycles. The number of hydrogen-bond acceptors (Lipinski definition) is 4. The van der Waals surface area contributed by atoms with Crippen LogP contribution >= 0.6 is 0 Å². The molecule has 0 fully saturated rings. The van der Waals surface area contributed by atoms with E-state index in [-0.39, 0.29) is 10.8 Å². The molecule has 2 aliphatic rings. The molecule has 12 rings (SSSR count). The zero-order valence-electron chi connectivity index (χ0n) is 31.7. The molecule has 0 bridgehead atoms. The Morgan fingerprint density at radius 2 is 0.679 bits per heavy atom. The summed E-state index contributed by atoms with van der Waals surface area (Å²) in [6.07, 6.45) is 0. The molecule has 4 nitrogen and oxygen atoms in total. The molecule has 8 aromatic carbocycles. The minimum absolute atomic E-state index is 0.235. The smallest absolute Gasteiger partial charge is 0.137 e. The summed E-state index contributed by atoms with van der Waals surface area (Å²) in [6.45, 7) is 9.40. The van der Waals surface area contributed by atoms with Crippen molar-refractivity contribution in [3.8, 4) is 0 Å². The van der Waals surface area contributed by atoms with E-state index < -0.39 is 0 Å². The van der Waals surface area contributed by atoms with Gasteiger partial charge in [-0.1, -0.05) is 125 Å². The fourth-order valence-corrected chi connectivity index (χ4v) is 10.0. The van der Waals surface area contributed by atoms with Crippen LogP contribution in [0.1, 0.15) is 49.9 Å². The second-order valence-electron chi connectivity index (χ2n) is 16.5. The molecule has 0 saturated carbocycles. The number of anilines is 6. The van der Waals surface area contributed by atoms with Gasteiger partial charge in [-0.05, 0) is 70.8 Å². The fraction of sp³-hybridized carbons (Fsp3) is 0.115. The van der Waals surface area contributed by atoms with Crippen LogP contribution in [-0.4, -0.2) is 0 Å². The van der Waals surface area contributed by atoms with E-state index in [0.717, 1.165) is 66.6 Å². The summed E-state index contributed by atoms with van der Waals surface area (Å²) in [6, 6.07) is 57.3. The lowest BCUT2D eigenvalue weighted by Crippen LogP contribution is -2.31. The van der Waals surface area contributed by atoms with Gasteiger partial charge in [0.1, 0.15) is 22.3 Å². The number of fused-ring (bicyclic) bond motifs is 11. The largest absolute Gasteiger partial charge is 0.456 e. The van der Waals surface area contributed by atoms with Gasteiger partial charge in [0.2, 0.25) is 0 Å².